The number of hydrogen-bond donors (Lipinski definition) is 0. The standard InChI is InChI=1S/C8H5FN2S/c9-6-1-2-11-7(3-6)8-4-10-5-12-8/h1-5H. The summed E-state index contributed by atoms with van der Waals surface area (Å²) in [6.45, 7) is 0. The van der Waals surface area contributed by atoms with E-state index in [-0.39, 0.29) is 5.82 Å². The molecule has 0 saturated carbocycles. The van der Waals surface area contributed by atoms with Crippen LogP contribution in [-0.2, 0) is 0 Å². The summed E-state index contributed by atoms with van der Waals surface area (Å²) in [7, 11) is 0. The minimum absolute atomic E-state index is 0.270. The topological polar surface area (TPSA) is 25.8 Å². The van der Waals surface area contributed by atoms with Gasteiger partial charge in [0.2, 0.25) is 0 Å². The number of halogens is 1. The Bertz CT molecular complexity index is 372. The Morgan fingerprint density at radius 1 is 1.42 bits per heavy atom. The Hall–Kier alpha value is -1.29. The van der Waals surface area contributed by atoms with Crippen LogP contribution in [0.1, 0.15) is 0 Å². The molecule has 2 rings (SSSR count). The van der Waals surface area contributed by atoms with E-state index in [1.54, 1.807) is 11.7 Å². The Labute approximate surface area is 72.7 Å². The normalized spacial score (nSPS) is 10.1. The first-order valence-corrected chi connectivity index (χ1v) is 4.24. The molecule has 2 heterocycles. The van der Waals surface area contributed by atoms with Crippen molar-refractivity contribution in [2.75, 3.05) is 0 Å². The third-order valence-corrected chi connectivity index (χ3v) is 2.20. The molecule has 0 bridgehead atoms. The van der Waals surface area contributed by atoms with Gasteiger partial charge in [-0.15, -0.1) is 11.3 Å². The SMILES string of the molecule is Fc1ccnc(-c2cncs2)c1. The highest BCUT2D eigenvalue weighted by Gasteiger charge is 2.00. The first-order valence-electron chi connectivity index (χ1n) is 3.37. The third kappa shape index (κ3) is 1.33. The Balaban J connectivity index is 2.48. The predicted molar refractivity (Wildman–Crippen MR) is 45.3 cm³/mol. The molecule has 0 atom stereocenters. The lowest BCUT2D eigenvalue weighted by Crippen LogP contribution is -1.80. The van der Waals surface area contributed by atoms with Crippen LogP contribution in [0.5, 0.6) is 0 Å². The van der Waals surface area contributed by atoms with Crippen LogP contribution in [0.2, 0.25) is 0 Å². The number of aromatic nitrogens is 2. The van der Waals surface area contributed by atoms with Crippen LogP contribution in [0.4, 0.5) is 4.39 Å². The number of rotatable bonds is 1. The van der Waals surface area contributed by atoms with Crippen molar-refractivity contribution in [1.29, 1.82) is 0 Å². The number of thiazole rings is 1. The van der Waals surface area contributed by atoms with Gasteiger partial charge in [0.05, 0.1) is 16.1 Å². The lowest BCUT2D eigenvalue weighted by atomic mass is 10.3. The van der Waals surface area contributed by atoms with Gasteiger partial charge in [0, 0.05) is 18.5 Å². The minimum Gasteiger partial charge on any atom is -0.255 e. The van der Waals surface area contributed by atoms with Gasteiger partial charge in [-0.25, -0.2) is 4.39 Å². The molecule has 0 aliphatic rings. The fourth-order valence-corrected chi connectivity index (χ4v) is 1.47. The highest BCUT2D eigenvalue weighted by Crippen LogP contribution is 2.20. The minimum atomic E-state index is -0.270. The molecule has 2 nitrogen and oxygen atoms in total. The van der Waals surface area contributed by atoms with Crippen molar-refractivity contribution < 1.29 is 4.39 Å². The van der Waals surface area contributed by atoms with Crippen molar-refractivity contribution in [3.05, 3.63) is 35.9 Å². The number of nitrogens with zero attached hydrogens (tertiary/aromatic N) is 2. The average Bonchev–Trinajstić information content (AvgIpc) is 2.56. The highest BCUT2D eigenvalue weighted by molar-refractivity contribution is 7.13. The molecule has 0 aromatic carbocycles. The quantitative estimate of drug-likeness (QED) is 0.673. The van der Waals surface area contributed by atoms with Crippen molar-refractivity contribution in [3.8, 4) is 10.6 Å². The average molecular weight is 180 g/mol. The molecule has 60 valence electrons. The second kappa shape index (κ2) is 2.98. The molecule has 0 spiro atoms. The van der Waals surface area contributed by atoms with Gasteiger partial charge < -0.3 is 0 Å². The summed E-state index contributed by atoms with van der Waals surface area (Å²) in [6, 6.07) is 2.72. The van der Waals surface area contributed by atoms with E-state index in [0.29, 0.717) is 5.69 Å². The number of pyridine rings is 1. The smallest absolute Gasteiger partial charge is 0.126 e. The van der Waals surface area contributed by atoms with Crippen molar-refractivity contribution in [2.45, 2.75) is 0 Å². The van der Waals surface area contributed by atoms with E-state index in [0.717, 1.165) is 4.88 Å². The first kappa shape index (κ1) is 7.36. The summed E-state index contributed by atoms with van der Waals surface area (Å²) in [4.78, 5) is 8.78. The maximum Gasteiger partial charge on any atom is 0.126 e. The summed E-state index contributed by atoms with van der Waals surface area (Å²) in [5, 5.41) is 0. The van der Waals surface area contributed by atoms with Crippen LogP contribution in [0.15, 0.2) is 30.0 Å². The van der Waals surface area contributed by atoms with Crippen molar-refractivity contribution >= 4 is 11.3 Å². The molecule has 12 heavy (non-hydrogen) atoms. The maximum atomic E-state index is 12.7. The zero-order valence-corrected chi connectivity index (χ0v) is 6.88. The molecule has 0 unspecified atom stereocenters. The second-order valence-corrected chi connectivity index (χ2v) is 3.11. The van der Waals surface area contributed by atoms with E-state index in [2.05, 4.69) is 9.97 Å². The largest absolute Gasteiger partial charge is 0.255 e. The number of hydrogen-bond acceptors (Lipinski definition) is 3. The predicted octanol–water partition coefficient (Wildman–Crippen LogP) is 2.34. The molecule has 4 heteroatoms. The van der Waals surface area contributed by atoms with Crippen LogP contribution in [0, 0.1) is 5.82 Å². The van der Waals surface area contributed by atoms with Crippen molar-refractivity contribution in [3.63, 3.8) is 0 Å². The first-order chi connectivity index (χ1) is 5.86. The van der Waals surface area contributed by atoms with E-state index in [9.17, 15) is 4.39 Å². The molecular weight excluding hydrogens is 175 g/mol. The van der Waals surface area contributed by atoms with E-state index >= 15 is 0 Å². The monoisotopic (exact) mass is 180 g/mol. The van der Waals surface area contributed by atoms with Gasteiger partial charge in [-0.1, -0.05) is 0 Å². The van der Waals surface area contributed by atoms with Gasteiger partial charge in [-0.2, -0.15) is 0 Å². The van der Waals surface area contributed by atoms with Gasteiger partial charge in [-0.3, -0.25) is 9.97 Å². The van der Waals surface area contributed by atoms with Gasteiger partial charge in [0.1, 0.15) is 5.82 Å². The van der Waals surface area contributed by atoms with Crippen LogP contribution in [0.25, 0.3) is 10.6 Å². The summed E-state index contributed by atoms with van der Waals surface area (Å²) in [5.74, 6) is -0.270. The van der Waals surface area contributed by atoms with Crippen LogP contribution in [0.3, 0.4) is 0 Å². The van der Waals surface area contributed by atoms with E-state index in [1.807, 2.05) is 0 Å². The Morgan fingerprint density at radius 3 is 3.00 bits per heavy atom. The fourth-order valence-electron chi connectivity index (χ4n) is 0.882. The van der Waals surface area contributed by atoms with Crippen LogP contribution >= 0.6 is 11.3 Å². The molecule has 0 aliphatic heterocycles. The Morgan fingerprint density at radius 2 is 2.33 bits per heavy atom. The summed E-state index contributed by atoms with van der Waals surface area (Å²) in [6.07, 6.45) is 3.12. The molecular formula is C8H5FN2S. The third-order valence-electron chi connectivity index (χ3n) is 1.41. The van der Waals surface area contributed by atoms with Crippen LogP contribution < -0.4 is 0 Å². The zero-order chi connectivity index (χ0) is 8.39. The molecule has 0 aliphatic carbocycles. The fraction of sp³-hybridized carbons (Fsp3) is 0. The van der Waals surface area contributed by atoms with Crippen molar-refractivity contribution in [2.24, 2.45) is 0 Å². The molecule has 0 radical (unpaired) electrons. The molecule has 2 aromatic rings. The van der Waals surface area contributed by atoms with Gasteiger partial charge in [-0.05, 0) is 6.07 Å². The second-order valence-electron chi connectivity index (χ2n) is 2.22. The molecule has 0 amide bonds. The van der Waals surface area contributed by atoms with E-state index in [1.165, 1.54) is 29.7 Å². The lowest BCUT2D eigenvalue weighted by molar-refractivity contribution is 0.626. The van der Waals surface area contributed by atoms with Gasteiger partial charge >= 0.3 is 0 Å². The van der Waals surface area contributed by atoms with Crippen LogP contribution in [-0.4, -0.2) is 9.97 Å². The highest BCUT2D eigenvalue weighted by atomic mass is 32.1. The maximum absolute atomic E-state index is 12.7. The Kier molecular flexibility index (Phi) is 1.83. The van der Waals surface area contributed by atoms with E-state index < -0.39 is 0 Å². The summed E-state index contributed by atoms with van der Waals surface area (Å²) < 4.78 is 12.7. The molecule has 0 N–H and O–H groups in total. The molecule has 0 fully saturated rings. The summed E-state index contributed by atoms with van der Waals surface area (Å²) in [5.41, 5.74) is 2.33. The van der Waals surface area contributed by atoms with Gasteiger partial charge in [0.25, 0.3) is 0 Å². The van der Waals surface area contributed by atoms with Gasteiger partial charge in [0.15, 0.2) is 0 Å². The lowest BCUT2D eigenvalue weighted by Gasteiger charge is -1.93. The zero-order valence-electron chi connectivity index (χ0n) is 6.07. The summed E-state index contributed by atoms with van der Waals surface area (Å²) >= 11 is 1.44. The molecule has 0 saturated heterocycles. The van der Waals surface area contributed by atoms with Crippen molar-refractivity contribution in [1.82, 2.24) is 9.97 Å². The molecule has 2 aromatic heterocycles. The van der Waals surface area contributed by atoms with E-state index in [4.69, 9.17) is 0 Å².